The van der Waals surface area contributed by atoms with E-state index >= 15 is 0 Å². The van der Waals surface area contributed by atoms with Crippen LogP contribution in [0.15, 0.2) is 54.7 Å². The van der Waals surface area contributed by atoms with Gasteiger partial charge in [0.1, 0.15) is 5.82 Å². The molecule has 0 saturated carbocycles. The van der Waals surface area contributed by atoms with Crippen molar-refractivity contribution in [3.63, 3.8) is 0 Å². The predicted molar refractivity (Wildman–Crippen MR) is 119 cm³/mol. The normalized spacial score (nSPS) is 10.6. The third kappa shape index (κ3) is 5.14. The molecule has 146 valence electrons. The highest BCUT2D eigenvalue weighted by atomic mass is 35.5. The average molecular weight is 396 g/mol. The van der Waals surface area contributed by atoms with Crippen LogP contribution in [-0.2, 0) is 6.54 Å². The maximum Gasteiger partial charge on any atom is 0.224 e. The van der Waals surface area contributed by atoms with Crippen LogP contribution in [0.4, 0.5) is 23.1 Å². The van der Waals surface area contributed by atoms with Crippen LogP contribution in [-0.4, -0.2) is 23.1 Å². The van der Waals surface area contributed by atoms with Crippen molar-refractivity contribution in [2.24, 2.45) is 0 Å². The fourth-order valence-electron chi connectivity index (χ4n) is 3.01. The van der Waals surface area contributed by atoms with Gasteiger partial charge in [-0.2, -0.15) is 4.98 Å². The van der Waals surface area contributed by atoms with E-state index in [0.29, 0.717) is 12.5 Å². The van der Waals surface area contributed by atoms with Crippen molar-refractivity contribution in [1.82, 2.24) is 9.97 Å². The number of hydrogen-bond acceptors (Lipinski definition) is 5. The van der Waals surface area contributed by atoms with Crippen molar-refractivity contribution < 1.29 is 0 Å². The van der Waals surface area contributed by atoms with E-state index in [1.54, 1.807) is 6.20 Å². The van der Waals surface area contributed by atoms with E-state index in [1.807, 2.05) is 30.3 Å². The van der Waals surface area contributed by atoms with Crippen molar-refractivity contribution in [3.8, 4) is 0 Å². The molecule has 1 heterocycles. The van der Waals surface area contributed by atoms with Crippen LogP contribution < -0.4 is 15.5 Å². The van der Waals surface area contributed by atoms with Crippen LogP contribution in [0.1, 0.15) is 25.0 Å². The van der Waals surface area contributed by atoms with E-state index in [-0.39, 0.29) is 0 Å². The van der Waals surface area contributed by atoms with Gasteiger partial charge in [0.05, 0.1) is 0 Å². The van der Waals surface area contributed by atoms with Gasteiger partial charge in [-0.1, -0.05) is 23.7 Å². The molecule has 28 heavy (non-hydrogen) atoms. The Bertz CT molecular complexity index is 907. The Kier molecular flexibility index (Phi) is 6.71. The van der Waals surface area contributed by atoms with Gasteiger partial charge in [-0.25, -0.2) is 4.98 Å². The van der Waals surface area contributed by atoms with Gasteiger partial charge in [0, 0.05) is 42.2 Å². The van der Waals surface area contributed by atoms with Crippen LogP contribution in [0.25, 0.3) is 0 Å². The number of nitrogens with one attached hydrogen (secondary N) is 2. The summed E-state index contributed by atoms with van der Waals surface area (Å²) in [7, 11) is 0. The van der Waals surface area contributed by atoms with Crippen LogP contribution >= 0.6 is 11.6 Å². The lowest BCUT2D eigenvalue weighted by Crippen LogP contribution is -2.21. The van der Waals surface area contributed by atoms with E-state index in [0.717, 1.165) is 35.2 Å². The van der Waals surface area contributed by atoms with E-state index in [9.17, 15) is 0 Å². The second kappa shape index (κ2) is 9.42. The molecule has 0 aliphatic carbocycles. The molecule has 5 nitrogen and oxygen atoms in total. The van der Waals surface area contributed by atoms with Crippen LogP contribution in [0.3, 0.4) is 0 Å². The quantitative estimate of drug-likeness (QED) is 0.516. The largest absolute Gasteiger partial charge is 0.372 e. The standard InChI is InChI=1S/C22H26ClN5/c1-4-28(5-2)19-10-11-20(16(3)14-19)26-21-12-13-24-22(27-21)25-15-17-6-8-18(23)9-7-17/h6-14H,4-5,15H2,1-3H3,(H2,24,25,26,27). The van der Waals surface area contributed by atoms with Gasteiger partial charge in [-0.3, -0.25) is 0 Å². The Balaban J connectivity index is 1.68. The first kappa shape index (κ1) is 20.0. The number of anilines is 4. The summed E-state index contributed by atoms with van der Waals surface area (Å²) in [6.07, 6.45) is 1.75. The van der Waals surface area contributed by atoms with Gasteiger partial charge in [-0.15, -0.1) is 0 Å². The lowest BCUT2D eigenvalue weighted by Gasteiger charge is -2.22. The smallest absolute Gasteiger partial charge is 0.224 e. The lowest BCUT2D eigenvalue weighted by atomic mass is 10.1. The van der Waals surface area contributed by atoms with Crippen molar-refractivity contribution in [1.29, 1.82) is 0 Å². The summed E-state index contributed by atoms with van der Waals surface area (Å²) >= 11 is 5.93. The number of nitrogens with zero attached hydrogens (tertiary/aromatic N) is 3. The summed E-state index contributed by atoms with van der Waals surface area (Å²) in [5, 5.41) is 7.37. The molecule has 0 fully saturated rings. The fraction of sp³-hybridized carbons (Fsp3) is 0.273. The third-order valence-corrected chi connectivity index (χ3v) is 4.87. The summed E-state index contributed by atoms with van der Waals surface area (Å²) in [6.45, 7) is 9.08. The summed E-state index contributed by atoms with van der Waals surface area (Å²) in [5.41, 5.74) is 4.58. The van der Waals surface area contributed by atoms with Gasteiger partial charge < -0.3 is 15.5 Å². The van der Waals surface area contributed by atoms with Crippen molar-refractivity contribution >= 4 is 34.7 Å². The molecule has 0 atom stereocenters. The Labute approximate surface area is 171 Å². The van der Waals surface area contributed by atoms with Crippen molar-refractivity contribution in [3.05, 3.63) is 70.9 Å². The predicted octanol–water partition coefficient (Wildman–Crippen LogP) is 5.64. The molecule has 0 aliphatic heterocycles. The minimum absolute atomic E-state index is 0.581. The summed E-state index contributed by atoms with van der Waals surface area (Å²) in [6, 6.07) is 16.0. The first-order chi connectivity index (χ1) is 13.6. The van der Waals surface area contributed by atoms with Crippen molar-refractivity contribution in [2.45, 2.75) is 27.3 Å². The molecular formula is C22H26ClN5. The molecule has 0 spiro atoms. The maximum absolute atomic E-state index is 5.93. The van der Waals surface area contributed by atoms with E-state index in [4.69, 9.17) is 11.6 Å². The summed E-state index contributed by atoms with van der Waals surface area (Å²) in [4.78, 5) is 11.2. The first-order valence-corrected chi connectivity index (χ1v) is 9.90. The highest BCUT2D eigenvalue weighted by Crippen LogP contribution is 2.25. The van der Waals surface area contributed by atoms with Crippen LogP contribution in [0, 0.1) is 6.92 Å². The molecule has 0 bridgehead atoms. The maximum atomic E-state index is 5.93. The Morgan fingerprint density at radius 2 is 1.75 bits per heavy atom. The number of rotatable bonds is 8. The second-order valence-corrected chi connectivity index (χ2v) is 6.98. The molecule has 0 saturated heterocycles. The van der Waals surface area contributed by atoms with Gasteiger partial charge >= 0.3 is 0 Å². The Morgan fingerprint density at radius 1 is 1.00 bits per heavy atom. The average Bonchev–Trinajstić information content (AvgIpc) is 2.71. The molecule has 2 aromatic carbocycles. The minimum Gasteiger partial charge on any atom is -0.372 e. The molecule has 0 amide bonds. The molecule has 2 N–H and O–H groups in total. The summed E-state index contributed by atoms with van der Waals surface area (Å²) < 4.78 is 0. The first-order valence-electron chi connectivity index (χ1n) is 9.53. The molecule has 0 unspecified atom stereocenters. The van der Waals surface area contributed by atoms with E-state index in [2.05, 4.69) is 64.5 Å². The zero-order valence-electron chi connectivity index (χ0n) is 16.5. The van der Waals surface area contributed by atoms with Crippen molar-refractivity contribution in [2.75, 3.05) is 28.6 Å². The molecule has 0 aliphatic rings. The third-order valence-electron chi connectivity index (χ3n) is 4.62. The zero-order chi connectivity index (χ0) is 19.9. The zero-order valence-corrected chi connectivity index (χ0v) is 17.3. The lowest BCUT2D eigenvalue weighted by molar-refractivity contribution is 0.866. The van der Waals surface area contributed by atoms with Crippen LogP contribution in [0.2, 0.25) is 5.02 Å². The minimum atomic E-state index is 0.581. The highest BCUT2D eigenvalue weighted by molar-refractivity contribution is 6.30. The molecule has 0 radical (unpaired) electrons. The van der Waals surface area contributed by atoms with Gasteiger partial charge in [0.15, 0.2) is 0 Å². The second-order valence-electron chi connectivity index (χ2n) is 6.54. The van der Waals surface area contributed by atoms with Gasteiger partial charge in [0.2, 0.25) is 5.95 Å². The number of halogens is 1. The van der Waals surface area contributed by atoms with E-state index < -0.39 is 0 Å². The fourth-order valence-corrected chi connectivity index (χ4v) is 3.13. The molecule has 1 aromatic heterocycles. The number of hydrogen-bond donors (Lipinski definition) is 2. The number of aryl methyl sites for hydroxylation is 1. The Morgan fingerprint density at radius 3 is 2.43 bits per heavy atom. The SMILES string of the molecule is CCN(CC)c1ccc(Nc2ccnc(NCc3ccc(Cl)cc3)n2)c(C)c1. The van der Waals surface area contributed by atoms with Gasteiger partial charge in [-0.05, 0) is 68.3 Å². The number of aromatic nitrogens is 2. The molecule has 3 rings (SSSR count). The van der Waals surface area contributed by atoms with E-state index in [1.165, 1.54) is 11.3 Å². The van der Waals surface area contributed by atoms with Crippen LogP contribution in [0.5, 0.6) is 0 Å². The number of benzene rings is 2. The molecule has 3 aromatic rings. The summed E-state index contributed by atoms with van der Waals surface area (Å²) in [5.74, 6) is 1.34. The van der Waals surface area contributed by atoms with Gasteiger partial charge in [0.25, 0.3) is 0 Å². The highest BCUT2D eigenvalue weighted by Gasteiger charge is 2.06. The monoisotopic (exact) mass is 395 g/mol. The molecular weight excluding hydrogens is 370 g/mol. The topological polar surface area (TPSA) is 53.1 Å². The Hall–Kier alpha value is -2.79. The molecule has 6 heteroatoms.